The van der Waals surface area contributed by atoms with Crippen molar-refractivity contribution in [3.8, 4) is 12.3 Å². The average Bonchev–Trinajstić information content (AvgIpc) is 2.84. The molecule has 2 N–H and O–H groups in total. The number of carbonyl (C=O) groups is 1. The third-order valence-corrected chi connectivity index (χ3v) is 3.18. The van der Waals surface area contributed by atoms with Crippen molar-refractivity contribution in [3.63, 3.8) is 0 Å². The molecule has 0 aromatic carbocycles. The summed E-state index contributed by atoms with van der Waals surface area (Å²) in [4.78, 5) is 11.5. The van der Waals surface area contributed by atoms with E-state index >= 15 is 0 Å². The number of rotatable bonds is 6. The maximum atomic E-state index is 11.5. The monoisotopic (exact) mass is 252 g/mol. The van der Waals surface area contributed by atoms with E-state index in [0.717, 1.165) is 12.8 Å². The Balaban J connectivity index is 2.07. The fourth-order valence-corrected chi connectivity index (χ4v) is 2.04. The minimum absolute atomic E-state index is 0.221. The summed E-state index contributed by atoms with van der Waals surface area (Å²) in [5.74, 6) is 2.80. The highest BCUT2D eigenvalue weighted by Gasteiger charge is 2.15. The first-order valence-corrected chi connectivity index (χ1v) is 6.75. The van der Waals surface area contributed by atoms with Crippen LogP contribution < -0.4 is 10.6 Å². The molecule has 102 valence electrons. The fourth-order valence-electron chi connectivity index (χ4n) is 2.04. The van der Waals surface area contributed by atoms with E-state index in [0.29, 0.717) is 19.3 Å². The second kappa shape index (κ2) is 7.99. The molecule has 0 heterocycles. The van der Waals surface area contributed by atoms with Crippen LogP contribution in [0, 0.1) is 18.3 Å². The number of amides is 2. The van der Waals surface area contributed by atoms with Gasteiger partial charge < -0.3 is 15.4 Å². The lowest BCUT2D eigenvalue weighted by molar-refractivity contribution is 0.0613. The molecular weight excluding hydrogens is 228 g/mol. The first-order chi connectivity index (χ1) is 8.63. The van der Waals surface area contributed by atoms with Gasteiger partial charge in [-0.3, -0.25) is 0 Å². The smallest absolute Gasteiger partial charge is 0.315 e. The topological polar surface area (TPSA) is 50.4 Å². The maximum absolute atomic E-state index is 11.5. The van der Waals surface area contributed by atoms with Crippen LogP contribution in [0.2, 0.25) is 0 Å². The van der Waals surface area contributed by atoms with E-state index in [9.17, 15) is 4.79 Å². The number of nitrogens with one attached hydrogen (secondary N) is 2. The summed E-state index contributed by atoms with van der Waals surface area (Å²) in [5, 5.41) is 5.51. The molecule has 0 aromatic rings. The van der Waals surface area contributed by atoms with Crippen LogP contribution in [0.25, 0.3) is 0 Å². The molecule has 2 amide bonds. The van der Waals surface area contributed by atoms with Gasteiger partial charge >= 0.3 is 6.03 Å². The van der Waals surface area contributed by atoms with Gasteiger partial charge in [-0.2, -0.15) is 0 Å². The third-order valence-electron chi connectivity index (χ3n) is 3.18. The first-order valence-electron chi connectivity index (χ1n) is 6.75. The molecule has 1 aliphatic rings. The van der Waals surface area contributed by atoms with E-state index in [1.54, 1.807) is 0 Å². The Bertz CT molecular complexity index is 291. The SMILES string of the molecule is C#C[C@H](NC(=O)NCCOC1CCCC1)C(C)C. The van der Waals surface area contributed by atoms with Crippen molar-refractivity contribution in [2.75, 3.05) is 13.2 Å². The molecule has 1 rings (SSSR count). The average molecular weight is 252 g/mol. The lowest BCUT2D eigenvalue weighted by Gasteiger charge is -2.17. The summed E-state index contributed by atoms with van der Waals surface area (Å²) in [7, 11) is 0. The quantitative estimate of drug-likeness (QED) is 0.560. The van der Waals surface area contributed by atoms with Crippen LogP contribution in [0.15, 0.2) is 0 Å². The van der Waals surface area contributed by atoms with Gasteiger partial charge in [0.15, 0.2) is 0 Å². The summed E-state index contributed by atoms with van der Waals surface area (Å²) < 4.78 is 5.65. The minimum Gasteiger partial charge on any atom is -0.376 e. The minimum atomic E-state index is -0.222. The third kappa shape index (κ3) is 5.42. The molecule has 0 spiro atoms. The van der Waals surface area contributed by atoms with Crippen LogP contribution in [0.3, 0.4) is 0 Å². The fraction of sp³-hybridized carbons (Fsp3) is 0.786. The van der Waals surface area contributed by atoms with Crippen molar-refractivity contribution in [1.29, 1.82) is 0 Å². The van der Waals surface area contributed by atoms with E-state index < -0.39 is 0 Å². The predicted molar refractivity (Wildman–Crippen MR) is 72.2 cm³/mol. The second-order valence-electron chi connectivity index (χ2n) is 5.07. The van der Waals surface area contributed by atoms with Gasteiger partial charge in [0.2, 0.25) is 0 Å². The highest BCUT2D eigenvalue weighted by Crippen LogP contribution is 2.20. The Morgan fingerprint density at radius 3 is 2.67 bits per heavy atom. The molecule has 0 radical (unpaired) electrons. The van der Waals surface area contributed by atoms with Gasteiger partial charge in [0.05, 0.1) is 18.8 Å². The van der Waals surface area contributed by atoms with Crippen molar-refractivity contribution in [3.05, 3.63) is 0 Å². The van der Waals surface area contributed by atoms with E-state index in [2.05, 4.69) is 16.6 Å². The number of carbonyl (C=O) groups excluding carboxylic acids is 1. The molecule has 0 bridgehead atoms. The summed E-state index contributed by atoms with van der Waals surface area (Å²) >= 11 is 0. The normalized spacial score (nSPS) is 17.4. The Morgan fingerprint density at radius 2 is 2.11 bits per heavy atom. The van der Waals surface area contributed by atoms with Crippen molar-refractivity contribution in [2.24, 2.45) is 5.92 Å². The summed E-state index contributed by atoms with van der Waals surface area (Å²) in [6.45, 7) is 5.06. The summed E-state index contributed by atoms with van der Waals surface area (Å²) in [6, 6.07) is -0.442. The zero-order chi connectivity index (χ0) is 13.4. The molecule has 0 aromatic heterocycles. The Kier molecular flexibility index (Phi) is 6.59. The number of ether oxygens (including phenoxy) is 1. The van der Waals surface area contributed by atoms with Crippen molar-refractivity contribution >= 4 is 6.03 Å². The van der Waals surface area contributed by atoms with Crippen LogP contribution >= 0.6 is 0 Å². The van der Waals surface area contributed by atoms with E-state index in [1.807, 2.05) is 13.8 Å². The van der Waals surface area contributed by atoms with E-state index in [-0.39, 0.29) is 18.0 Å². The predicted octanol–water partition coefficient (Wildman–Crippen LogP) is 1.90. The zero-order valence-corrected chi connectivity index (χ0v) is 11.4. The highest BCUT2D eigenvalue weighted by molar-refractivity contribution is 5.74. The first kappa shape index (κ1) is 14.8. The van der Waals surface area contributed by atoms with Gasteiger partial charge in [-0.15, -0.1) is 6.42 Å². The van der Waals surface area contributed by atoms with Gasteiger partial charge in [0.25, 0.3) is 0 Å². The standard InChI is InChI=1S/C14H24N2O2/c1-4-13(11(2)3)16-14(17)15-9-10-18-12-7-5-6-8-12/h1,11-13H,5-10H2,2-3H3,(H2,15,16,17)/t13-/m0/s1. The van der Waals surface area contributed by atoms with Crippen LogP contribution in [-0.4, -0.2) is 31.3 Å². The van der Waals surface area contributed by atoms with Gasteiger partial charge in [0.1, 0.15) is 0 Å². The van der Waals surface area contributed by atoms with Crippen LogP contribution in [0.5, 0.6) is 0 Å². The number of hydrogen-bond acceptors (Lipinski definition) is 2. The van der Waals surface area contributed by atoms with Crippen molar-refractivity contribution in [2.45, 2.75) is 51.7 Å². The molecule has 0 saturated heterocycles. The second-order valence-corrected chi connectivity index (χ2v) is 5.07. The molecule has 4 heteroatoms. The molecule has 4 nitrogen and oxygen atoms in total. The zero-order valence-electron chi connectivity index (χ0n) is 11.4. The summed E-state index contributed by atoms with van der Waals surface area (Å²) in [5.41, 5.74) is 0. The van der Waals surface area contributed by atoms with Crippen LogP contribution in [-0.2, 0) is 4.74 Å². The molecule has 18 heavy (non-hydrogen) atoms. The Labute approximate surface area is 110 Å². The Morgan fingerprint density at radius 1 is 1.44 bits per heavy atom. The molecule has 0 unspecified atom stereocenters. The number of terminal acetylenes is 1. The largest absolute Gasteiger partial charge is 0.376 e. The highest BCUT2D eigenvalue weighted by atomic mass is 16.5. The number of urea groups is 1. The summed E-state index contributed by atoms with van der Waals surface area (Å²) in [6.07, 6.45) is 10.6. The van der Waals surface area contributed by atoms with Crippen molar-refractivity contribution < 1.29 is 9.53 Å². The van der Waals surface area contributed by atoms with Gasteiger partial charge in [-0.1, -0.05) is 32.6 Å². The Hall–Kier alpha value is -1.21. The molecule has 1 atom stereocenters. The molecule has 1 fully saturated rings. The van der Waals surface area contributed by atoms with E-state index in [1.165, 1.54) is 12.8 Å². The van der Waals surface area contributed by atoms with Gasteiger partial charge in [0, 0.05) is 6.54 Å². The lowest BCUT2D eigenvalue weighted by Crippen LogP contribution is -2.44. The van der Waals surface area contributed by atoms with Crippen LogP contribution in [0.4, 0.5) is 4.79 Å². The number of hydrogen-bond donors (Lipinski definition) is 2. The lowest BCUT2D eigenvalue weighted by atomic mass is 10.1. The van der Waals surface area contributed by atoms with E-state index in [4.69, 9.17) is 11.2 Å². The van der Waals surface area contributed by atoms with Crippen molar-refractivity contribution in [1.82, 2.24) is 10.6 Å². The van der Waals surface area contributed by atoms with Gasteiger partial charge in [-0.05, 0) is 18.8 Å². The molecular formula is C14H24N2O2. The van der Waals surface area contributed by atoms with Gasteiger partial charge in [-0.25, -0.2) is 4.79 Å². The molecule has 0 aliphatic heterocycles. The maximum Gasteiger partial charge on any atom is 0.315 e. The van der Waals surface area contributed by atoms with Crippen LogP contribution in [0.1, 0.15) is 39.5 Å². The molecule has 1 aliphatic carbocycles. The molecule has 1 saturated carbocycles.